The van der Waals surface area contributed by atoms with Gasteiger partial charge in [-0.25, -0.2) is 0 Å². The van der Waals surface area contributed by atoms with Gasteiger partial charge in [-0.15, -0.1) is 0 Å². The summed E-state index contributed by atoms with van der Waals surface area (Å²) in [6.45, 7) is 12.6. The summed E-state index contributed by atoms with van der Waals surface area (Å²) in [6, 6.07) is 0. The number of allylic oxidation sites excluding steroid dienone is 1. The van der Waals surface area contributed by atoms with Crippen LogP contribution in [0.4, 0.5) is 0 Å². The Labute approximate surface area is 174 Å². The van der Waals surface area contributed by atoms with Gasteiger partial charge in [0.25, 0.3) is 0 Å². The molecule has 0 spiro atoms. The number of hydrogen-bond acceptors (Lipinski definition) is 1. The molecule has 3 saturated carbocycles. The van der Waals surface area contributed by atoms with E-state index in [0.29, 0.717) is 10.8 Å². The second kappa shape index (κ2) is 7.75. The van der Waals surface area contributed by atoms with Gasteiger partial charge in [0.05, 0.1) is 6.10 Å². The van der Waals surface area contributed by atoms with E-state index in [4.69, 9.17) is 0 Å². The Kier molecular flexibility index (Phi) is 5.80. The van der Waals surface area contributed by atoms with Crippen molar-refractivity contribution in [1.82, 2.24) is 0 Å². The molecule has 0 aromatic carbocycles. The van der Waals surface area contributed by atoms with Crippen molar-refractivity contribution in [3.63, 3.8) is 0 Å². The third-order valence-corrected chi connectivity index (χ3v) is 10.3. The zero-order chi connectivity index (χ0) is 20.1. The molecule has 1 N–H and O–H groups in total. The lowest BCUT2D eigenvalue weighted by atomic mass is 9.47. The monoisotopic (exact) mass is 386 g/mol. The highest BCUT2D eigenvalue weighted by molar-refractivity contribution is 5.25. The minimum atomic E-state index is -0.0766. The average Bonchev–Trinajstić information content (AvgIpc) is 2.99. The van der Waals surface area contributed by atoms with E-state index in [-0.39, 0.29) is 6.10 Å². The first-order chi connectivity index (χ1) is 13.3. The van der Waals surface area contributed by atoms with Gasteiger partial charge in [0.1, 0.15) is 0 Å². The third kappa shape index (κ3) is 3.42. The summed E-state index contributed by atoms with van der Waals surface area (Å²) in [6.07, 6.45) is 17.2. The van der Waals surface area contributed by atoms with Crippen molar-refractivity contribution < 1.29 is 5.11 Å². The lowest BCUT2D eigenvalue weighted by Gasteiger charge is -2.58. The minimum absolute atomic E-state index is 0.0766. The van der Waals surface area contributed by atoms with Crippen LogP contribution in [0.25, 0.3) is 0 Å². The molecule has 0 aromatic rings. The van der Waals surface area contributed by atoms with Crippen LogP contribution in [0.5, 0.6) is 0 Å². The number of aliphatic hydroxyl groups excluding tert-OH is 1. The van der Waals surface area contributed by atoms with Crippen molar-refractivity contribution >= 4 is 0 Å². The molecule has 0 heterocycles. The van der Waals surface area contributed by atoms with E-state index < -0.39 is 0 Å². The Morgan fingerprint density at radius 2 is 1.79 bits per heavy atom. The predicted molar refractivity (Wildman–Crippen MR) is 119 cm³/mol. The van der Waals surface area contributed by atoms with Crippen molar-refractivity contribution in [2.45, 2.75) is 111 Å². The van der Waals surface area contributed by atoms with Crippen LogP contribution in [0.2, 0.25) is 0 Å². The lowest BCUT2D eigenvalue weighted by Crippen LogP contribution is -2.50. The number of aliphatic hydroxyl groups is 1. The molecule has 0 aromatic heterocycles. The van der Waals surface area contributed by atoms with Crippen molar-refractivity contribution in [3.8, 4) is 0 Å². The molecule has 4 aliphatic rings. The highest BCUT2D eigenvalue weighted by Crippen LogP contribution is 2.67. The van der Waals surface area contributed by atoms with Crippen LogP contribution in [0.3, 0.4) is 0 Å². The quantitative estimate of drug-likeness (QED) is 0.488. The van der Waals surface area contributed by atoms with E-state index in [0.717, 1.165) is 48.3 Å². The fraction of sp³-hybridized carbons (Fsp3) is 0.926. The van der Waals surface area contributed by atoms with Gasteiger partial charge in [-0.1, -0.05) is 65.5 Å². The first-order valence-electron chi connectivity index (χ1n) is 12.6. The van der Waals surface area contributed by atoms with Crippen molar-refractivity contribution in [2.24, 2.45) is 46.3 Å². The summed E-state index contributed by atoms with van der Waals surface area (Å²) in [5, 5.41) is 10.2. The fourth-order valence-electron chi connectivity index (χ4n) is 8.67. The van der Waals surface area contributed by atoms with E-state index in [2.05, 4.69) is 40.7 Å². The van der Waals surface area contributed by atoms with Gasteiger partial charge in [0.2, 0.25) is 0 Å². The van der Waals surface area contributed by atoms with E-state index >= 15 is 0 Å². The molecular formula is C27H46O. The topological polar surface area (TPSA) is 20.2 Å². The van der Waals surface area contributed by atoms with Crippen LogP contribution in [0.1, 0.15) is 105 Å². The van der Waals surface area contributed by atoms with Crippen molar-refractivity contribution in [1.29, 1.82) is 0 Å². The largest absolute Gasteiger partial charge is 0.393 e. The highest BCUT2D eigenvalue weighted by Gasteiger charge is 2.59. The zero-order valence-corrected chi connectivity index (χ0v) is 19.3. The summed E-state index contributed by atoms with van der Waals surface area (Å²) in [4.78, 5) is 0. The number of fused-ring (bicyclic) bond motifs is 5. The maximum atomic E-state index is 10.2. The molecule has 0 bridgehead atoms. The Hall–Kier alpha value is -0.300. The first-order valence-corrected chi connectivity index (χ1v) is 12.6. The smallest absolute Gasteiger partial charge is 0.0577 e. The predicted octanol–water partition coefficient (Wildman–Crippen LogP) is 7.39. The molecule has 0 amide bonds. The van der Waals surface area contributed by atoms with Crippen molar-refractivity contribution in [2.75, 3.05) is 0 Å². The van der Waals surface area contributed by atoms with Gasteiger partial charge >= 0.3 is 0 Å². The van der Waals surface area contributed by atoms with Gasteiger partial charge in [0.15, 0.2) is 0 Å². The molecule has 8 atom stereocenters. The van der Waals surface area contributed by atoms with Crippen LogP contribution in [-0.4, -0.2) is 11.2 Å². The van der Waals surface area contributed by atoms with E-state index in [1.165, 1.54) is 57.8 Å². The Bertz CT molecular complexity index is 591. The van der Waals surface area contributed by atoms with Crippen molar-refractivity contribution in [3.05, 3.63) is 11.6 Å². The van der Waals surface area contributed by atoms with Crippen LogP contribution in [-0.2, 0) is 0 Å². The summed E-state index contributed by atoms with van der Waals surface area (Å²) >= 11 is 0. The average molecular weight is 387 g/mol. The number of hydrogen-bond donors (Lipinski definition) is 1. The van der Waals surface area contributed by atoms with Crippen LogP contribution < -0.4 is 0 Å². The molecule has 0 unspecified atom stereocenters. The minimum Gasteiger partial charge on any atom is -0.393 e. The van der Waals surface area contributed by atoms with Gasteiger partial charge < -0.3 is 5.11 Å². The second-order valence-corrected chi connectivity index (χ2v) is 12.2. The van der Waals surface area contributed by atoms with E-state index in [1.807, 2.05) is 0 Å². The maximum Gasteiger partial charge on any atom is 0.0577 e. The van der Waals surface area contributed by atoms with E-state index in [1.54, 1.807) is 5.57 Å². The van der Waals surface area contributed by atoms with Crippen LogP contribution >= 0.6 is 0 Å². The second-order valence-electron chi connectivity index (χ2n) is 12.2. The third-order valence-electron chi connectivity index (χ3n) is 10.3. The van der Waals surface area contributed by atoms with Gasteiger partial charge in [-0.05, 0) is 97.7 Å². The fourth-order valence-corrected chi connectivity index (χ4v) is 8.67. The lowest BCUT2D eigenvalue weighted by molar-refractivity contribution is -0.0573. The summed E-state index contributed by atoms with van der Waals surface area (Å²) in [5.41, 5.74) is 2.60. The molecule has 1 nitrogen and oxygen atoms in total. The molecule has 3 fully saturated rings. The van der Waals surface area contributed by atoms with Crippen LogP contribution in [0, 0.1) is 46.3 Å². The summed E-state index contributed by atoms with van der Waals surface area (Å²) < 4.78 is 0. The molecule has 4 rings (SSSR count). The molecule has 160 valence electrons. The molecular weight excluding hydrogens is 340 g/mol. The summed E-state index contributed by atoms with van der Waals surface area (Å²) in [7, 11) is 0. The zero-order valence-electron chi connectivity index (χ0n) is 19.3. The van der Waals surface area contributed by atoms with Gasteiger partial charge in [-0.3, -0.25) is 0 Å². The Morgan fingerprint density at radius 1 is 1.00 bits per heavy atom. The number of rotatable bonds is 5. The maximum absolute atomic E-state index is 10.2. The molecule has 0 saturated heterocycles. The van der Waals surface area contributed by atoms with E-state index in [9.17, 15) is 5.11 Å². The SMILES string of the molecule is CC(C)CCC[C@H](C)[C@H]1CC[C@@H]2[C@H]3CC=C4C[C@@H](O)CC[C@]4(C)[C@@H]3CC[C@@]21C. The molecule has 0 aliphatic heterocycles. The molecule has 0 radical (unpaired) electrons. The summed E-state index contributed by atoms with van der Waals surface area (Å²) in [5.74, 6) is 5.46. The molecule has 28 heavy (non-hydrogen) atoms. The standard InChI is InChI=1S/C27H46O/c1-18(2)7-6-8-19(3)23-11-12-24-22-10-9-20-17-21(28)13-15-26(20,4)25(22)14-16-27(23,24)5/h9,18-19,21-25,28H,6-8,10-17H2,1-5H3/t19-,21-,22+,23+,24+,25+,26-,27+/m0/s1. The van der Waals surface area contributed by atoms with Gasteiger partial charge in [-0.2, -0.15) is 0 Å². The first kappa shape index (κ1) is 21.0. The Balaban J connectivity index is 1.49. The van der Waals surface area contributed by atoms with Gasteiger partial charge in [0, 0.05) is 0 Å². The highest BCUT2D eigenvalue weighted by atomic mass is 16.3. The molecule has 1 heteroatoms. The van der Waals surface area contributed by atoms with Crippen LogP contribution in [0.15, 0.2) is 11.6 Å². The normalized spacial score (nSPS) is 46.5. The Morgan fingerprint density at radius 3 is 2.54 bits per heavy atom. The molecule has 4 aliphatic carbocycles.